The van der Waals surface area contributed by atoms with Crippen LogP contribution in [0.1, 0.15) is 12.6 Å². The van der Waals surface area contributed by atoms with Crippen LogP contribution in [0, 0.1) is 0 Å². The zero-order valence-electron chi connectivity index (χ0n) is 12.0. The molecule has 0 radical (unpaired) electrons. The Labute approximate surface area is 124 Å². The fourth-order valence-electron chi connectivity index (χ4n) is 2.14. The van der Waals surface area contributed by atoms with Crippen molar-refractivity contribution < 1.29 is 4.74 Å². The molecule has 0 spiro atoms. The first-order valence-corrected chi connectivity index (χ1v) is 7.04. The Bertz CT molecular complexity index is 556. The zero-order valence-corrected chi connectivity index (χ0v) is 12.8. The van der Waals surface area contributed by atoms with Gasteiger partial charge in [-0.15, -0.1) is 0 Å². The molecule has 2 unspecified atom stereocenters. The van der Waals surface area contributed by atoms with Crippen molar-refractivity contribution in [3.8, 4) is 5.75 Å². The highest BCUT2D eigenvalue weighted by Gasteiger charge is 2.18. The lowest BCUT2D eigenvalue weighted by Gasteiger charge is -2.24. The number of ether oxygens (including phenoxy) is 1. The van der Waals surface area contributed by atoms with Crippen LogP contribution < -0.4 is 10.1 Å². The molecule has 5 heteroatoms. The lowest BCUT2D eigenvalue weighted by Crippen LogP contribution is -2.41. The Morgan fingerprint density at radius 3 is 2.80 bits per heavy atom. The lowest BCUT2D eigenvalue weighted by atomic mass is 10.1. The highest BCUT2D eigenvalue weighted by molar-refractivity contribution is 6.30. The third kappa shape index (κ3) is 3.99. The summed E-state index contributed by atoms with van der Waals surface area (Å²) in [5, 5.41) is 8.37. The predicted octanol–water partition coefficient (Wildman–Crippen LogP) is 2.67. The van der Waals surface area contributed by atoms with Crippen LogP contribution in [-0.2, 0) is 13.5 Å². The van der Waals surface area contributed by atoms with Crippen LogP contribution >= 0.6 is 11.6 Å². The normalized spacial score (nSPS) is 14.0. The van der Waals surface area contributed by atoms with E-state index >= 15 is 0 Å². The van der Waals surface area contributed by atoms with Crippen molar-refractivity contribution in [2.45, 2.75) is 25.5 Å². The molecule has 0 aliphatic rings. The number of nitrogens with zero attached hydrogens (tertiary/aromatic N) is 2. The average molecular weight is 294 g/mol. The molecule has 108 valence electrons. The topological polar surface area (TPSA) is 39.1 Å². The van der Waals surface area contributed by atoms with Gasteiger partial charge in [-0.05, 0) is 38.2 Å². The van der Waals surface area contributed by atoms with Gasteiger partial charge in [-0.3, -0.25) is 4.68 Å². The van der Waals surface area contributed by atoms with E-state index in [1.165, 1.54) is 0 Å². The van der Waals surface area contributed by atoms with Crippen LogP contribution in [-0.4, -0.2) is 29.0 Å². The summed E-state index contributed by atoms with van der Waals surface area (Å²) in [6.07, 6.45) is 2.78. The minimum atomic E-state index is 0.0143. The van der Waals surface area contributed by atoms with E-state index in [0.29, 0.717) is 5.02 Å². The van der Waals surface area contributed by atoms with E-state index in [1.54, 1.807) is 0 Å². The molecule has 0 fully saturated rings. The number of aryl methyl sites for hydroxylation is 1. The number of rotatable bonds is 6. The molecule has 0 aliphatic heterocycles. The number of hydrogen-bond acceptors (Lipinski definition) is 3. The maximum Gasteiger partial charge on any atom is 0.121 e. The van der Waals surface area contributed by atoms with Crippen molar-refractivity contribution in [2.24, 2.45) is 7.05 Å². The molecular weight excluding hydrogens is 274 g/mol. The minimum Gasteiger partial charge on any atom is -0.489 e. The van der Waals surface area contributed by atoms with Gasteiger partial charge in [0.25, 0.3) is 0 Å². The standard InChI is InChI=1S/C15H20ClN3O/c1-11(20-14-6-4-5-12(16)9-14)15(17-2)10-13-7-8-19(3)18-13/h4-9,11,15,17H,10H2,1-3H3. The maximum absolute atomic E-state index is 5.97. The maximum atomic E-state index is 5.97. The molecule has 0 amide bonds. The molecule has 0 bridgehead atoms. The summed E-state index contributed by atoms with van der Waals surface area (Å²) in [6.45, 7) is 2.05. The molecule has 1 aromatic heterocycles. The zero-order chi connectivity index (χ0) is 14.5. The molecular formula is C15H20ClN3O. The quantitative estimate of drug-likeness (QED) is 0.890. The Morgan fingerprint density at radius 1 is 1.40 bits per heavy atom. The number of halogens is 1. The SMILES string of the molecule is CNC(Cc1ccn(C)n1)C(C)Oc1cccc(Cl)c1. The van der Waals surface area contributed by atoms with Gasteiger partial charge in [0, 0.05) is 30.7 Å². The van der Waals surface area contributed by atoms with Crippen molar-refractivity contribution in [2.75, 3.05) is 7.05 Å². The Kier molecular flexibility index (Phi) is 5.04. The molecule has 4 nitrogen and oxygen atoms in total. The van der Waals surface area contributed by atoms with Crippen LogP contribution in [0.15, 0.2) is 36.5 Å². The molecule has 1 aromatic carbocycles. The Hall–Kier alpha value is -1.52. The summed E-state index contributed by atoms with van der Waals surface area (Å²) in [6, 6.07) is 9.67. The highest BCUT2D eigenvalue weighted by Crippen LogP contribution is 2.19. The monoisotopic (exact) mass is 293 g/mol. The van der Waals surface area contributed by atoms with Gasteiger partial charge >= 0.3 is 0 Å². The fourth-order valence-corrected chi connectivity index (χ4v) is 2.32. The van der Waals surface area contributed by atoms with E-state index in [9.17, 15) is 0 Å². The van der Waals surface area contributed by atoms with Crippen LogP contribution in [0.2, 0.25) is 5.02 Å². The van der Waals surface area contributed by atoms with Crippen molar-refractivity contribution >= 4 is 11.6 Å². The lowest BCUT2D eigenvalue weighted by molar-refractivity contribution is 0.173. The summed E-state index contributed by atoms with van der Waals surface area (Å²) in [4.78, 5) is 0. The van der Waals surface area contributed by atoms with Crippen LogP contribution in [0.5, 0.6) is 5.75 Å². The predicted molar refractivity (Wildman–Crippen MR) is 81.3 cm³/mol. The Balaban J connectivity index is 1.99. The summed E-state index contributed by atoms with van der Waals surface area (Å²) >= 11 is 5.97. The number of likely N-dealkylation sites (N-methyl/N-ethyl adjacent to an activating group) is 1. The van der Waals surface area contributed by atoms with Crippen molar-refractivity contribution in [1.29, 1.82) is 0 Å². The third-order valence-corrected chi connectivity index (χ3v) is 3.49. The largest absolute Gasteiger partial charge is 0.489 e. The summed E-state index contributed by atoms with van der Waals surface area (Å²) in [5.74, 6) is 0.784. The van der Waals surface area contributed by atoms with E-state index in [4.69, 9.17) is 16.3 Å². The van der Waals surface area contributed by atoms with Crippen molar-refractivity contribution in [3.05, 3.63) is 47.2 Å². The minimum absolute atomic E-state index is 0.0143. The van der Waals surface area contributed by atoms with Crippen LogP contribution in [0.4, 0.5) is 0 Å². The van der Waals surface area contributed by atoms with Gasteiger partial charge in [0.05, 0.1) is 5.69 Å². The highest BCUT2D eigenvalue weighted by atomic mass is 35.5. The first kappa shape index (κ1) is 14.9. The molecule has 20 heavy (non-hydrogen) atoms. The van der Waals surface area contributed by atoms with Gasteiger partial charge in [-0.25, -0.2) is 0 Å². The van der Waals surface area contributed by atoms with E-state index in [-0.39, 0.29) is 12.1 Å². The van der Waals surface area contributed by atoms with Gasteiger partial charge in [0.15, 0.2) is 0 Å². The molecule has 0 aliphatic carbocycles. The second kappa shape index (κ2) is 6.77. The number of hydrogen-bond donors (Lipinski definition) is 1. The molecule has 0 saturated heterocycles. The number of benzene rings is 1. The van der Waals surface area contributed by atoms with E-state index in [2.05, 4.69) is 10.4 Å². The average Bonchev–Trinajstić information content (AvgIpc) is 2.81. The number of nitrogens with one attached hydrogen (secondary N) is 1. The molecule has 2 aromatic rings. The van der Waals surface area contributed by atoms with Gasteiger partial charge in [-0.2, -0.15) is 5.10 Å². The van der Waals surface area contributed by atoms with Gasteiger partial charge in [0.1, 0.15) is 11.9 Å². The van der Waals surface area contributed by atoms with Crippen molar-refractivity contribution in [3.63, 3.8) is 0 Å². The summed E-state index contributed by atoms with van der Waals surface area (Å²) in [7, 11) is 3.86. The van der Waals surface area contributed by atoms with Gasteiger partial charge < -0.3 is 10.1 Å². The summed E-state index contributed by atoms with van der Waals surface area (Å²) < 4.78 is 7.76. The fraction of sp³-hybridized carbons (Fsp3) is 0.400. The number of aromatic nitrogens is 2. The van der Waals surface area contributed by atoms with Crippen LogP contribution in [0.25, 0.3) is 0 Å². The Morgan fingerprint density at radius 2 is 2.20 bits per heavy atom. The second-order valence-electron chi connectivity index (χ2n) is 4.86. The third-order valence-electron chi connectivity index (χ3n) is 3.25. The molecule has 2 rings (SSSR count). The van der Waals surface area contributed by atoms with E-state index in [0.717, 1.165) is 17.9 Å². The first-order chi connectivity index (χ1) is 9.58. The van der Waals surface area contributed by atoms with E-state index < -0.39 is 0 Å². The molecule has 1 heterocycles. The van der Waals surface area contributed by atoms with Gasteiger partial charge in [0.2, 0.25) is 0 Å². The van der Waals surface area contributed by atoms with Crippen LogP contribution in [0.3, 0.4) is 0 Å². The smallest absolute Gasteiger partial charge is 0.121 e. The van der Waals surface area contributed by atoms with Gasteiger partial charge in [-0.1, -0.05) is 17.7 Å². The van der Waals surface area contributed by atoms with E-state index in [1.807, 2.05) is 62.2 Å². The second-order valence-corrected chi connectivity index (χ2v) is 5.30. The van der Waals surface area contributed by atoms with Crippen molar-refractivity contribution in [1.82, 2.24) is 15.1 Å². The summed E-state index contributed by atoms with van der Waals surface area (Å²) in [5.41, 5.74) is 1.05. The first-order valence-electron chi connectivity index (χ1n) is 6.66. The molecule has 1 N–H and O–H groups in total. The molecule has 0 saturated carbocycles. The molecule has 2 atom stereocenters.